The van der Waals surface area contributed by atoms with Crippen molar-refractivity contribution in [2.45, 2.75) is 20.3 Å². The zero-order valence-corrected chi connectivity index (χ0v) is 11.5. The van der Waals surface area contributed by atoms with E-state index in [0.717, 1.165) is 0 Å². The Morgan fingerprint density at radius 3 is 2.82 bits per heavy atom. The fourth-order valence-electron chi connectivity index (χ4n) is 1.55. The molecule has 0 aliphatic heterocycles. The zero-order valence-electron chi connectivity index (χ0n) is 9.95. The van der Waals surface area contributed by atoms with Gasteiger partial charge in [0.1, 0.15) is 0 Å². The zero-order chi connectivity index (χ0) is 12.8. The molecule has 0 bridgehead atoms. The number of pyridine rings is 1. The van der Waals surface area contributed by atoms with Crippen molar-refractivity contribution in [1.82, 2.24) is 4.98 Å². The maximum absolute atomic E-state index is 13.8. The largest absolute Gasteiger partial charge is 0.353 e. The summed E-state index contributed by atoms with van der Waals surface area (Å²) in [6, 6.07) is 3.46. The molecule has 17 heavy (non-hydrogen) atoms. The van der Waals surface area contributed by atoms with E-state index in [9.17, 15) is 4.39 Å². The molecule has 0 amide bonds. The van der Waals surface area contributed by atoms with Gasteiger partial charge in [-0.3, -0.25) is 0 Å². The number of nitrogens with zero attached hydrogens (tertiary/aromatic N) is 3. The van der Waals surface area contributed by atoms with Gasteiger partial charge in [0.25, 0.3) is 0 Å². The van der Waals surface area contributed by atoms with Crippen molar-refractivity contribution in [2.24, 2.45) is 5.92 Å². The maximum atomic E-state index is 13.8. The SMILES string of the molecule is CC(C)CN(CCC#N)c1ncc(Br)cc1F. The van der Waals surface area contributed by atoms with E-state index in [1.54, 1.807) is 6.20 Å². The molecule has 0 aromatic carbocycles. The van der Waals surface area contributed by atoms with E-state index >= 15 is 0 Å². The minimum Gasteiger partial charge on any atom is -0.353 e. The van der Waals surface area contributed by atoms with Gasteiger partial charge in [-0.25, -0.2) is 9.37 Å². The molecule has 0 saturated heterocycles. The van der Waals surface area contributed by atoms with Gasteiger partial charge >= 0.3 is 0 Å². The van der Waals surface area contributed by atoms with Crippen LogP contribution in [0.3, 0.4) is 0 Å². The standard InChI is InChI=1S/C12H15BrFN3/c1-9(2)8-17(5-3-4-15)12-11(14)6-10(13)7-16-12/h6-7,9H,3,5,8H2,1-2H3. The fraction of sp³-hybridized carbons (Fsp3) is 0.500. The lowest BCUT2D eigenvalue weighted by Gasteiger charge is -2.24. The summed E-state index contributed by atoms with van der Waals surface area (Å²) in [4.78, 5) is 5.89. The summed E-state index contributed by atoms with van der Waals surface area (Å²) in [6.45, 7) is 5.29. The summed E-state index contributed by atoms with van der Waals surface area (Å²) in [7, 11) is 0. The summed E-state index contributed by atoms with van der Waals surface area (Å²) >= 11 is 3.18. The molecule has 0 atom stereocenters. The molecule has 0 unspecified atom stereocenters. The Balaban J connectivity index is 2.91. The fourth-order valence-corrected chi connectivity index (χ4v) is 1.85. The Kier molecular flexibility index (Phi) is 5.36. The molecule has 0 fully saturated rings. The molecule has 92 valence electrons. The van der Waals surface area contributed by atoms with E-state index in [0.29, 0.717) is 35.7 Å². The van der Waals surface area contributed by atoms with Crippen molar-refractivity contribution in [3.63, 3.8) is 0 Å². The lowest BCUT2D eigenvalue weighted by atomic mass is 10.2. The highest BCUT2D eigenvalue weighted by molar-refractivity contribution is 9.10. The summed E-state index contributed by atoms with van der Waals surface area (Å²) in [6.07, 6.45) is 1.93. The van der Waals surface area contributed by atoms with Crippen LogP contribution in [-0.4, -0.2) is 18.1 Å². The van der Waals surface area contributed by atoms with Crippen LogP contribution in [0.5, 0.6) is 0 Å². The molecule has 0 radical (unpaired) electrons. The molecule has 1 heterocycles. The Bertz CT molecular complexity index is 415. The van der Waals surface area contributed by atoms with E-state index < -0.39 is 0 Å². The average Bonchev–Trinajstić information content (AvgIpc) is 2.24. The van der Waals surface area contributed by atoms with Gasteiger partial charge in [0.15, 0.2) is 11.6 Å². The molecule has 1 aromatic heterocycles. The van der Waals surface area contributed by atoms with Crippen LogP contribution in [0, 0.1) is 23.1 Å². The van der Waals surface area contributed by atoms with Gasteiger partial charge in [0, 0.05) is 23.8 Å². The van der Waals surface area contributed by atoms with Gasteiger partial charge in [-0.1, -0.05) is 13.8 Å². The van der Waals surface area contributed by atoms with Gasteiger partial charge in [0.2, 0.25) is 0 Å². The summed E-state index contributed by atoms with van der Waals surface area (Å²) in [5.41, 5.74) is 0. The summed E-state index contributed by atoms with van der Waals surface area (Å²) in [5, 5.41) is 8.61. The van der Waals surface area contributed by atoms with E-state index in [2.05, 4.69) is 40.8 Å². The molecule has 0 aliphatic carbocycles. The van der Waals surface area contributed by atoms with Crippen LogP contribution in [0.1, 0.15) is 20.3 Å². The minimum absolute atomic E-state index is 0.317. The maximum Gasteiger partial charge on any atom is 0.166 e. The molecule has 5 heteroatoms. The second kappa shape index (κ2) is 6.55. The highest BCUT2D eigenvalue weighted by atomic mass is 79.9. The van der Waals surface area contributed by atoms with Crippen LogP contribution in [0.25, 0.3) is 0 Å². The number of rotatable bonds is 5. The molecule has 3 nitrogen and oxygen atoms in total. The first kappa shape index (κ1) is 13.9. The van der Waals surface area contributed by atoms with Crippen molar-refractivity contribution in [3.05, 3.63) is 22.6 Å². The van der Waals surface area contributed by atoms with Crippen molar-refractivity contribution < 1.29 is 4.39 Å². The lowest BCUT2D eigenvalue weighted by Crippen LogP contribution is -2.30. The molecule has 1 rings (SSSR count). The smallest absolute Gasteiger partial charge is 0.166 e. The van der Waals surface area contributed by atoms with Crippen LogP contribution in [0.15, 0.2) is 16.7 Å². The van der Waals surface area contributed by atoms with Crippen LogP contribution in [-0.2, 0) is 0 Å². The Hall–Kier alpha value is -1.15. The number of nitriles is 1. The molecule has 1 aromatic rings. The number of aromatic nitrogens is 1. The number of hydrogen-bond acceptors (Lipinski definition) is 3. The Labute approximate surface area is 109 Å². The second-order valence-electron chi connectivity index (χ2n) is 4.21. The third-order valence-electron chi connectivity index (χ3n) is 2.17. The first-order valence-electron chi connectivity index (χ1n) is 5.47. The third-order valence-corrected chi connectivity index (χ3v) is 2.60. The predicted molar refractivity (Wildman–Crippen MR) is 69.2 cm³/mol. The molecular weight excluding hydrogens is 285 g/mol. The summed E-state index contributed by atoms with van der Waals surface area (Å²) in [5.74, 6) is 0.341. The third kappa shape index (κ3) is 4.31. The first-order valence-corrected chi connectivity index (χ1v) is 6.26. The van der Waals surface area contributed by atoms with Crippen LogP contribution in [0.2, 0.25) is 0 Å². The minimum atomic E-state index is -0.363. The quantitative estimate of drug-likeness (QED) is 0.837. The van der Waals surface area contributed by atoms with Crippen molar-refractivity contribution in [2.75, 3.05) is 18.0 Å². The van der Waals surface area contributed by atoms with E-state index in [-0.39, 0.29) is 5.82 Å². The highest BCUT2D eigenvalue weighted by Crippen LogP contribution is 2.21. The molecular formula is C12H15BrFN3. The average molecular weight is 300 g/mol. The van der Waals surface area contributed by atoms with Gasteiger partial charge in [0.05, 0.1) is 12.5 Å². The predicted octanol–water partition coefficient (Wildman–Crippen LogP) is 3.36. The Morgan fingerprint density at radius 1 is 1.59 bits per heavy atom. The van der Waals surface area contributed by atoms with Crippen LogP contribution >= 0.6 is 15.9 Å². The molecule has 0 spiro atoms. The molecule has 0 aliphatic rings. The molecule has 0 saturated carbocycles. The van der Waals surface area contributed by atoms with Crippen molar-refractivity contribution in [3.8, 4) is 6.07 Å². The highest BCUT2D eigenvalue weighted by Gasteiger charge is 2.14. The number of anilines is 1. The van der Waals surface area contributed by atoms with Gasteiger partial charge < -0.3 is 4.90 Å². The topological polar surface area (TPSA) is 39.9 Å². The lowest BCUT2D eigenvalue weighted by molar-refractivity contribution is 0.573. The Morgan fingerprint density at radius 2 is 2.29 bits per heavy atom. The second-order valence-corrected chi connectivity index (χ2v) is 5.12. The van der Waals surface area contributed by atoms with Crippen LogP contribution < -0.4 is 4.90 Å². The normalized spacial score (nSPS) is 10.4. The van der Waals surface area contributed by atoms with Crippen molar-refractivity contribution in [1.29, 1.82) is 5.26 Å². The first-order chi connectivity index (χ1) is 8.04. The number of halogens is 2. The van der Waals surface area contributed by atoms with E-state index in [4.69, 9.17) is 5.26 Å². The number of hydrogen-bond donors (Lipinski definition) is 0. The van der Waals surface area contributed by atoms with E-state index in [1.165, 1.54) is 6.07 Å². The van der Waals surface area contributed by atoms with E-state index in [1.807, 2.05) is 4.90 Å². The van der Waals surface area contributed by atoms with Crippen molar-refractivity contribution >= 4 is 21.7 Å². The molecule has 0 N–H and O–H groups in total. The van der Waals surface area contributed by atoms with Crippen LogP contribution in [0.4, 0.5) is 10.2 Å². The summed E-state index contributed by atoms with van der Waals surface area (Å²) < 4.78 is 14.4. The monoisotopic (exact) mass is 299 g/mol. The van der Waals surface area contributed by atoms with Gasteiger partial charge in [-0.15, -0.1) is 0 Å². The van der Waals surface area contributed by atoms with Gasteiger partial charge in [-0.05, 0) is 27.9 Å². The van der Waals surface area contributed by atoms with Gasteiger partial charge in [-0.2, -0.15) is 5.26 Å².